The third-order valence-electron chi connectivity index (χ3n) is 5.92. The van der Waals surface area contributed by atoms with Crippen LogP contribution in [0.3, 0.4) is 0 Å². The molecule has 3 rings (SSSR count). The molecule has 38 heavy (non-hydrogen) atoms. The number of unbranched alkanes of at least 4 members (excludes halogenated alkanes) is 1. The van der Waals surface area contributed by atoms with Crippen LogP contribution in [0.15, 0.2) is 91.5 Å². The fourth-order valence-electron chi connectivity index (χ4n) is 3.94. The Balaban J connectivity index is 2.37. The molecule has 0 aliphatic carbocycles. The highest BCUT2D eigenvalue weighted by Crippen LogP contribution is 2.40. The molecule has 3 aromatic rings. The number of nitrogens with two attached hydrogens (primary N) is 1. The van der Waals surface area contributed by atoms with Crippen LogP contribution in [0.5, 0.6) is 0 Å². The summed E-state index contributed by atoms with van der Waals surface area (Å²) in [6, 6.07) is 15.4. The van der Waals surface area contributed by atoms with Gasteiger partial charge >= 0.3 is 5.97 Å². The molecular formula is C25H25Br2FN2O6S2. The number of carbonyl (C=O) groups is 1. The number of nitrogens with zero attached hydrogens (tertiary/aromatic N) is 1. The Bertz CT molecular complexity index is 1480. The topological polar surface area (TPSA) is 135 Å². The maximum Gasteiger partial charge on any atom is 0.341 e. The van der Waals surface area contributed by atoms with E-state index < -0.39 is 49.5 Å². The molecule has 0 aliphatic heterocycles. The largest absolute Gasteiger partial charge is 0.479 e. The minimum absolute atomic E-state index is 0.00827. The molecule has 204 valence electrons. The van der Waals surface area contributed by atoms with E-state index in [0.29, 0.717) is 13.3 Å². The van der Waals surface area contributed by atoms with Crippen molar-refractivity contribution in [3.63, 3.8) is 0 Å². The number of benzene rings is 3. The molecule has 1 atom stereocenters. The summed E-state index contributed by atoms with van der Waals surface area (Å²) in [5.41, 5.74) is 5.80. The zero-order valence-electron chi connectivity index (χ0n) is 19.9. The average molecular weight is 692 g/mol. The molecule has 8 nitrogen and oxygen atoms in total. The summed E-state index contributed by atoms with van der Waals surface area (Å²) in [7, 11) is -9.63. The van der Waals surface area contributed by atoms with Crippen LogP contribution in [0.1, 0.15) is 24.8 Å². The highest BCUT2D eigenvalue weighted by molar-refractivity contribution is 9.10. The van der Waals surface area contributed by atoms with Crippen LogP contribution < -0.4 is 5.73 Å². The number of rotatable bonds is 12. The minimum atomic E-state index is -4.88. The lowest BCUT2D eigenvalue weighted by Gasteiger charge is -2.39. The maximum atomic E-state index is 14.2. The number of hydrogen-bond acceptors (Lipinski definition) is 6. The van der Waals surface area contributed by atoms with Crippen molar-refractivity contribution < 1.29 is 31.1 Å². The van der Waals surface area contributed by atoms with Gasteiger partial charge in [-0.2, -0.15) is 4.31 Å². The van der Waals surface area contributed by atoms with Gasteiger partial charge in [0.15, 0.2) is 0 Å². The van der Waals surface area contributed by atoms with Crippen molar-refractivity contribution in [2.45, 2.75) is 40.5 Å². The first kappa shape index (κ1) is 30.4. The summed E-state index contributed by atoms with van der Waals surface area (Å²) in [5, 5.41) is 10.6. The standard InChI is InChI=1S/C25H25Br2FN2O6S2/c26-19-5-11-22(12-6-19)37(33,34)25(24(31)32,15-1-2-16-29)30(17-18-3-9-21(28)10-4-18)38(35,36)23-13-7-20(27)8-14-23/h3-14H,1-2,15-17,29H2,(H,31,32)/t25-/m1/s1. The van der Waals surface area contributed by atoms with E-state index in [9.17, 15) is 31.1 Å². The summed E-state index contributed by atoms with van der Waals surface area (Å²) < 4.78 is 71.9. The Labute approximate surface area is 237 Å². The van der Waals surface area contributed by atoms with Crippen molar-refractivity contribution in [3.05, 3.63) is 93.1 Å². The molecule has 0 amide bonds. The second-order valence-corrected chi connectivity index (χ2v) is 14.2. The lowest BCUT2D eigenvalue weighted by atomic mass is 10.1. The zero-order valence-corrected chi connectivity index (χ0v) is 24.7. The normalized spacial score (nSPS) is 13.8. The van der Waals surface area contributed by atoms with Crippen LogP contribution in [0.2, 0.25) is 0 Å². The molecule has 0 heterocycles. The van der Waals surface area contributed by atoms with Gasteiger partial charge < -0.3 is 10.8 Å². The average Bonchev–Trinajstić information content (AvgIpc) is 2.87. The van der Waals surface area contributed by atoms with Crippen molar-refractivity contribution in [1.29, 1.82) is 0 Å². The van der Waals surface area contributed by atoms with E-state index in [0.717, 1.165) is 12.1 Å². The number of aliphatic carboxylic acids is 1. The van der Waals surface area contributed by atoms with Crippen LogP contribution in [0.25, 0.3) is 0 Å². The van der Waals surface area contributed by atoms with Crippen molar-refractivity contribution in [3.8, 4) is 0 Å². The first-order chi connectivity index (χ1) is 17.9. The molecule has 0 saturated carbocycles. The lowest BCUT2D eigenvalue weighted by molar-refractivity contribution is -0.144. The van der Waals surface area contributed by atoms with E-state index in [1.54, 1.807) is 0 Å². The number of hydrogen-bond donors (Lipinski definition) is 2. The third-order valence-corrected chi connectivity index (χ3v) is 11.4. The van der Waals surface area contributed by atoms with E-state index in [-0.39, 0.29) is 34.7 Å². The van der Waals surface area contributed by atoms with E-state index in [2.05, 4.69) is 31.9 Å². The monoisotopic (exact) mass is 690 g/mol. The molecule has 0 radical (unpaired) electrons. The van der Waals surface area contributed by atoms with Crippen molar-refractivity contribution in [2.24, 2.45) is 5.73 Å². The highest BCUT2D eigenvalue weighted by Gasteiger charge is 2.60. The van der Waals surface area contributed by atoms with Gasteiger partial charge in [-0.1, -0.05) is 44.0 Å². The van der Waals surface area contributed by atoms with Crippen LogP contribution in [0.4, 0.5) is 4.39 Å². The number of halogens is 3. The second kappa shape index (κ2) is 12.3. The van der Waals surface area contributed by atoms with Crippen LogP contribution in [-0.4, -0.2) is 43.6 Å². The van der Waals surface area contributed by atoms with E-state index in [1.807, 2.05) is 0 Å². The molecular weight excluding hydrogens is 667 g/mol. The fourth-order valence-corrected chi connectivity index (χ4v) is 8.52. The van der Waals surface area contributed by atoms with Gasteiger partial charge in [-0.05, 0) is 92.0 Å². The molecule has 13 heteroatoms. The molecule has 0 fully saturated rings. The van der Waals surface area contributed by atoms with Gasteiger partial charge in [0.1, 0.15) is 5.82 Å². The number of carboxylic acids is 1. The molecule has 3 aromatic carbocycles. The van der Waals surface area contributed by atoms with E-state index in [4.69, 9.17) is 5.73 Å². The van der Waals surface area contributed by atoms with Crippen LogP contribution in [0, 0.1) is 5.82 Å². The van der Waals surface area contributed by atoms with E-state index >= 15 is 0 Å². The zero-order chi connectivity index (χ0) is 28.1. The van der Waals surface area contributed by atoms with Crippen LogP contribution >= 0.6 is 31.9 Å². The molecule has 0 aromatic heterocycles. The molecule has 0 unspecified atom stereocenters. The Morgan fingerprint density at radius 2 is 1.34 bits per heavy atom. The third kappa shape index (κ3) is 6.18. The quantitative estimate of drug-likeness (QED) is 0.257. The Morgan fingerprint density at radius 3 is 1.82 bits per heavy atom. The minimum Gasteiger partial charge on any atom is -0.479 e. The summed E-state index contributed by atoms with van der Waals surface area (Å²) in [6.45, 7) is -0.505. The van der Waals surface area contributed by atoms with Crippen molar-refractivity contribution in [2.75, 3.05) is 6.54 Å². The van der Waals surface area contributed by atoms with E-state index in [1.165, 1.54) is 60.7 Å². The SMILES string of the molecule is NCCCC[C@@](C(=O)O)(N(Cc1ccc(F)cc1)S(=O)(=O)c1ccc(Br)cc1)S(=O)(=O)c1ccc(Br)cc1. The van der Waals surface area contributed by atoms with Gasteiger partial charge in [-0.15, -0.1) is 0 Å². The fraction of sp³-hybridized carbons (Fsp3) is 0.240. The molecule has 0 spiro atoms. The number of sulfonamides is 1. The van der Waals surface area contributed by atoms with Crippen LogP contribution in [-0.2, 0) is 31.2 Å². The molecule has 3 N–H and O–H groups in total. The molecule has 0 aliphatic rings. The summed E-state index contributed by atoms with van der Waals surface area (Å²) in [6.07, 6.45) is -0.309. The molecule has 0 saturated heterocycles. The van der Waals surface area contributed by atoms with Crippen molar-refractivity contribution in [1.82, 2.24) is 4.31 Å². The Kier molecular flexibility index (Phi) is 9.87. The Hall–Kier alpha value is -2.16. The highest BCUT2D eigenvalue weighted by atomic mass is 79.9. The smallest absolute Gasteiger partial charge is 0.341 e. The predicted octanol–water partition coefficient (Wildman–Crippen LogP) is 4.93. The number of carboxylic acid groups (broad SMARTS) is 1. The van der Waals surface area contributed by atoms with Crippen molar-refractivity contribution >= 4 is 57.7 Å². The summed E-state index contributed by atoms with van der Waals surface area (Å²) in [4.78, 5) is 9.50. The predicted molar refractivity (Wildman–Crippen MR) is 148 cm³/mol. The first-order valence-corrected chi connectivity index (χ1v) is 15.8. The summed E-state index contributed by atoms with van der Waals surface area (Å²) >= 11 is 6.46. The van der Waals surface area contributed by atoms with Gasteiger partial charge in [-0.3, -0.25) is 0 Å². The maximum absolute atomic E-state index is 14.2. The van der Waals surface area contributed by atoms with Gasteiger partial charge in [0, 0.05) is 15.5 Å². The summed E-state index contributed by atoms with van der Waals surface area (Å²) in [5.74, 6) is -2.45. The van der Waals surface area contributed by atoms with Gasteiger partial charge in [0.05, 0.1) is 9.79 Å². The van der Waals surface area contributed by atoms with Gasteiger partial charge in [0.2, 0.25) is 24.7 Å². The Morgan fingerprint density at radius 1 is 0.842 bits per heavy atom. The first-order valence-electron chi connectivity index (χ1n) is 11.3. The van der Waals surface area contributed by atoms with Gasteiger partial charge in [0.25, 0.3) is 0 Å². The lowest BCUT2D eigenvalue weighted by Crippen LogP contribution is -2.61. The second-order valence-electron chi connectivity index (χ2n) is 8.38. The number of sulfone groups is 1. The van der Waals surface area contributed by atoms with Gasteiger partial charge in [-0.25, -0.2) is 26.0 Å². The molecule has 0 bridgehead atoms.